The Balaban J connectivity index is 2.38. The number of hydrogen-bond donors (Lipinski definition) is 2. The van der Waals surface area contributed by atoms with Crippen molar-refractivity contribution < 1.29 is 0 Å². The number of nitrogens with one attached hydrogen (secondary N) is 1. The van der Waals surface area contributed by atoms with Crippen molar-refractivity contribution in [3.8, 4) is 0 Å². The van der Waals surface area contributed by atoms with Crippen molar-refractivity contribution in [2.45, 2.75) is 39.0 Å². The van der Waals surface area contributed by atoms with Crippen LogP contribution in [0.25, 0.3) is 0 Å². The SMILES string of the molecule is CC(C)(C)c1cc(NN)nc(N2CCCC2)n1. The Morgan fingerprint density at radius 3 is 2.41 bits per heavy atom. The maximum atomic E-state index is 5.47. The van der Waals surface area contributed by atoms with Crippen LogP contribution in [0.2, 0.25) is 0 Å². The van der Waals surface area contributed by atoms with Crippen LogP contribution in [0.15, 0.2) is 6.07 Å². The molecule has 1 saturated heterocycles. The fourth-order valence-electron chi connectivity index (χ4n) is 1.95. The van der Waals surface area contributed by atoms with Crippen molar-refractivity contribution in [2.24, 2.45) is 5.84 Å². The van der Waals surface area contributed by atoms with Gasteiger partial charge in [-0.1, -0.05) is 20.8 Å². The van der Waals surface area contributed by atoms with E-state index in [9.17, 15) is 0 Å². The van der Waals surface area contributed by atoms with E-state index in [0.29, 0.717) is 5.82 Å². The summed E-state index contributed by atoms with van der Waals surface area (Å²) >= 11 is 0. The normalized spacial score (nSPS) is 16.4. The molecule has 17 heavy (non-hydrogen) atoms. The largest absolute Gasteiger partial charge is 0.341 e. The lowest BCUT2D eigenvalue weighted by molar-refractivity contribution is 0.566. The highest BCUT2D eigenvalue weighted by molar-refractivity contribution is 5.44. The molecule has 1 aromatic rings. The first-order valence-electron chi connectivity index (χ1n) is 6.12. The van der Waals surface area contributed by atoms with E-state index >= 15 is 0 Å². The van der Waals surface area contributed by atoms with Gasteiger partial charge in [0.25, 0.3) is 0 Å². The smallest absolute Gasteiger partial charge is 0.227 e. The minimum Gasteiger partial charge on any atom is -0.341 e. The number of nitrogens with zero attached hydrogens (tertiary/aromatic N) is 3. The summed E-state index contributed by atoms with van der Waals surface area (Å²) in [6.45, 7) is 8.51. The number of rotatable bonds is 2. The summed E-state index contributed by atoms with van der Waals surface area (Å²) in [6.07, 6.45) is 2.43. The molecule has 0 spiro atoms. The van der Waals surface area contributed by atoms with Crippen molar-refractivity contribution in [2.75, 3.05) is 23.4 Å². The van der Waals surface area contributed by atoms with E-state index in [-0.39, 0.29) is 5.41 Å². The summed E-state index contributed by atoms with van der Waals surface area (Å²) in [5.74, 6) is 6.95. The highest BCUT2D eigenvalue weighted by atomic mass is 15.3. The maximum Gasteiger partial charge on any atom is 0.227 e. The highest BCUT2D eigenvalue weighted by Gasteiger charge is 2.21. The molecule has 5 heteroatoms. The first-order valence-corrected chi connectivity index (χ1v) is 6.12. The van der Waals surface area contributed by atoms with Gasteiger partial charge in [0.05, 0.1) is 5.69 Å². The molecule has 0 aliphatic carbocycles. The third-order valence-corrected chi connectivity index (χ3v) is 3.02. The minimum absolute atomic E-state index is 0.00299. The second-order valence-electron chi connectivity index (χ2n) is 5.53. The lowest BCUT2D eigenvalue weighted by Crippen LogP contribution is -2.24. The fraction of sp³-hybridized carbons (Fsp3) is 0.667. The average Bonchev–Trinajstić information content (AvgIpc) is 2.80. The maximum absolute atomic E-state index is 5.47. The van der Waals surface area contributed by atoms with E-state index in [1.54, 1.807) is 0 Å². The Bertz CT molecular complexity index is 390. The molecule has 1 aliphatic heterocycles. The van der Waals surface area contributed by atoms with Crippen LogP contribution < -0.4 is 16.2 Å². The van der Waals surface area contributed by atoms with Crippen LogP contribution in [-0.2, 0) is 5.41 Å². The zero-order valence-electron chi connectivity index (χ0n) is 10.8. The molecule has 94 valence electrons. The topological polar surface area (TPSA) is 67.1 Å². The van der Waals surface area contributed by atoms with E-state index in [2.05, 4.69) is 41.1 Å². The Hall–Kier alpha value is -1.36. The molecule has 1 aliphatic rings. The monoisotopic (exact) mass is 235 g/mol. The molecular weight excluding hydrogens is 214 g/mol. The van der Waals surface area contributed by atoms with Gasteiger partial charge < -0.3 is 10.3 Å². The predicted molar refractivity (Wildman–Crippen MR) is 70.0 cm³/mol. The van der Waals surface area contributed by atoms with Crippen LogP contribution in [0, 0.1) is 0 Å². The quantitative estimate of drug-likeness (QED) is 0.603. The van der Waals surface area contributed by atoms with Gasteiger partial charge in [0, 0.05) is 24.6 Å². The van der Waals surface area contributed by atoms with Gasteiger partial charge in [-0.25, -0.2) is 10.8 Å². The zero-order valence-corrected chi connectivity index (χ0v) is 10.8. The first kappa shape index (κ1) is 12.1. The predicted octanol–water partition coefficient (Wildman–Crippen LogP) is 1.66. The van der Waals surface area contributed by atoms with Crippen LogP contribution in [0.1, 0.15) is 39.3 Å². The van der Waals surface area contributed by atoms with Gasteiger partial charge in [-0.15, -0.1) is 0 Å². The van der Waals surface area contributed by atoms with Gasteiger partial charge in [0.1, 0.15) is 5.82 Å². The van der Waals surface area contributed by atoms with Crippen LogP contribution in [0.4, 0.5) is 11.8 Å². The lowest BCUT2D eigenvalue weighted by atomic mass is 9.92. The van der Waals surface area contributed by atoms with E-state index in [1.165, 1.54) is 12.8 Å². The summed E-state index contributed by atoms with van der Waals surface area (Å²) in [4.78, 5) is 11.3. The Kier molecular flexibility index (Phi) is 3.19. The molecule has 0 radical (unpaired) electrons. The molecule has 0 saturated carbocycles. The highest BCUT2D eigenvalue weighted by Crippen LogP contribution is 2.25. The average molecular weight is 235 g/mol. The number of hydrazine groups is 1. The molecule has 5 nitrogen and oxygen atoms in total. The summed E-state index contributed by atoms with van der Waals surface area (Å²) in [6, 6.07) is 1.92. The third-order valence-electron chi connectivity index (χ3n) is 3.02. The standard InChI is InChI=1S/C12H21N5/c1-12(2,3)9-8-10(16-13)15-11(14-9)17-6-4-5-7-17/h8H,4-7,13H2,1-3H3,(H,14,15,16). The van der Waals surface area contributed by atoms with Crippen LogP contribution in [0.3, 0.4) is 0 Å². The molecule has 2 rings (SSSR count). The summed E-state index contributed by atoms with van der Waals surface area (Å²) in [5.41, 5.74) is 3.64. The van der Waals surface area contributed by atoms with Crippen molar-refractivity contribution >= 4 is 11.8 Å². The molecular formula is C12H21N5. The van der Waals surface area contributed by atoms with Gasteiger partial charge in [-0.05, 0) is 12.8 Å². The number of anilines is 2. The van der Waals surface area contributed by atoms with Crippen LogP contribution in [0.5, 0.6) is 0 Å². The van der Waals surface area contributed by atoms with Crippen molar-refractivity contribution in [3.63, 3.8) is 0 Å². The Labute approximate surface area is 102 Å². The molecule has 2 heterocycles. The molecule has 3 N–H and O–H groups in total. The number of nitrogens with two attached hydrogens (primary N) is 1. The van der Waals surface area contributed by atoms with Gasteiger partial charge in [0.2, 0.25) is 5.95 Å². The van der Waals surface area contributed by atoms with E-state index in [1.807, 2.05) is 6.07 Å². The molecule has 0 amide bonds. The number of hydrogen-bond acceptors (Lipinski definition) is 5. The van der Waals surface area contributed by atoms with Crippen molar-refractivity contribution in [1.82, 2.24) is 9.97 Å². The van der Waals surface area contributed by atoms with Crippen molar-refractivity contribution in [3.05, 3.63) is 11.8 Å². The van der Waals surface area contributed by atoms with E-state index < -0.39 is 0 Å². The number of aromatic nitrogens is 2. The summed E-state index contributed by atoms with van der Waals surface area (Å²) in [5, 5.41) is 0. The van der Waals surface area contributed by atoms with Gasteiger partial charge in [-0.2, -0.15) is 4.98 Å². The second kappa shape index (κ2) is 4.49. The van der Waals surface area contributed by atoms with Gasteiger partial charge in [-0.3, -0.25) is 0 Å². The molecule has 0 unspecified atom stereocenters. The van der Waals surface area contributed by atoms with Crippen LogP contribution in [-0.4, -0.2) is 23.1 Å². The Morgan fingerprint density at radius 2 is 1.88 bits per heavy atom. The number of nitrogen functional groups attached to an aromatic ring is 1. The fourth-order valence-corrected chi connectivity index (χ4v) is 1.95. The Morgan fingerprint density at radius 1 is 1.24 bits per heavy atom. The van der Waals surface area contributed by atoms with Crippen molar-refractivity contribution in [1.29, 1.82) is 0 Å². The third kappa shape index (κ3) is 2.66. The lowest BCUT2D eigenvalue weighted by Gasteiger charge is -2.22. The van der Waals surface area contributed by atoms with Crippen LogP contribution >= 0.6 is 0 Å². The zero-order chi connectivity index (χ0) is 12.5. The summed E-state index contributed by atoms with van der Waals surface area (Å²) in [7, 11) is 0. The minimum atomic E-state index is 0.00299. The molecule has 1 aromatic heterocycles. The summed E-state index contributed by atoms with van der Waals surface area (Å²) < 4.78 is 0. The van der Waals surface area contributed by atoms with Gasteiger partial charge >= 0.3 is 0 Å². The molecule has 1 fully saturated rings. The molecule has 0 atom stereocenters. The van der Waals surface area contributed by atoms with E-state index in [0.717, 1.165) is 24.7 Å². The second-order valence-corrected chi connectivity index (χ2v) is 5.53. The van der Waals surface area contributed by atoms with Gasteiger partial charge in [0.15, 0.2) is 0 Å². The van der Waals surface area contributed by atoms with E-state index in [4.69, 9.17) is 5.84 Å². The first-order chi connectivity index (χ1) is 8.00. The molecule has 0 bridgehead atoms. The molecule has 0 aromatic carbocycles.